The SMILES string of the molecule is C#CCCC(=O)OCC(COC(=O)CCCCCCCCCCCCCCC)OP(=O)([O-])OCC[N+](C)(C)C. The Morgan fingerprint density at radius 3 is 1.74 bits per heavy atom. The van der Waals surface area contributed by atoms with E-state index >= 15 is 0 Å². The molecule has 9 nitrogen and oxygen atoms in total. The number of likely N-dealkylation sites (N-methyl/N-ethyl adjacent to an activating group) is 1. The van der Waals surface area contributed by atoms with Crippen LogP contribution in [0.2, 0.25) is 0 Å². The molecule has 0 fully saturated rings. The van der Waals surface area contributed by atoms with Crippen molar-refractivity contribution >= 4 is 19.8 Å². The molecule has 0 aliphatic carbocycles. The number of carbonyl (C=O) groups excluding carboxylic acids is 2. The summed E-state index contributed by atoms with van der Waals surface area (Å²) in [7, 11) is 0.992. The predicted octanol–water partition coefficient (Wildman–Crippen LogP) is 5.54. The van der Waals surface area contributed by atoms with Crippen LogP contribution in [0.5, 0.6) is 0 Å². The fraction of sp³-hybridized carbons (Fsp3) is 0.862. The predicted molar refractivity (Wildman–Crippen MR) is 152 cm³/mol. The van der Waals surface area contributed by atoms with Gasteiger partial charge in [0.15, 0.2) is 0 Å². The van der Waals surface area contributed by atoms with E-state index in [0.717, 1.165) is 12.8 Å². The highest BCUT2D eigenvalue weighted by Gasteiger charge is 2.23. The Morgan fingerprint density at radius 1 is 0.821 bits per heavy atom. The van der Waals surface area contributed by atoms with Crippen LogP contribution in [0, 0.1) is 12.3 Å². The minimum atomic E-state index is -4.70. The zero-order valence-electron chi connectivity index (χ0n) is 25.0. The monoisotopic (exact) mass is 575 g/mol. The van der Waals surface area contributed by atoms with E-state index < -0.39 is 32.5 Å². The number of terminal acetylenes is 1. The molecule has 0 radical (unpaired) electrons. The standard InChI is InChI=1S/C29H54NO8P/c1-6-8-10-11-12-13-14-15-16-17-18-19-20-22-29(32)36-26-27(25-35-28(31)21-9-7-2)38-39(33,34)37-24-23-30(3,4)5/h2,27H,6,8-26H2,1,3-5H3. The molecule has 0 heterocycles. The second kappa shape index (κ2) is 23.3. The molecule has 0 aliphatic heterocycles. The highest BCUT2D eigenvalue weighted by Crippen LogP contribution is 2.40. The lowest BCUT2D eigenvalue weighted by molar-refractivity contribution is -0.870. The minimum Gasteiger partial charge on any atom is -0.756 e. The van der Waals surface area contributed by atoms with Crippen molar-refractivity contribution in [3.8, 4) is 12.3 Å². The molecule has 39 heavy (non-hydrogen) atoms. The Balaban J connectivity index is 4.27. The molecule has 2 atom stereocenters. The molecular formula is C29H54NO8P. The first-order chi connectivity index (χ1) is 18.5. The summed E-state index contributed by atoms with van der Waals surface area (Å²) < 4.78 is 33.0. The largest absolute Gasteiger partial charge is 0.756 e. The van der Waals surface area contributed by atoms with Crippen LogP contribution in [0.15, 0.2) is 0 Å². The highest BCUT2D eigenvalue weighted by atomic mass is 31.2. The summed E-state index contributed by atoms with van der Waals surface area (Å²) >= 11 is 0. The van der Waals surface area contributed by atoms with Crippen LogP contribution in [0.3, 0.4) is 0 Å². The van der Waals surface area contributed by atoms with Gasteiger partial charge in [0, 0.05) is 12.8 Å². The van der Waals surface area contributed by atoms with Gasteiger partial charge in [0.2, 0.25) is 0 Å². The van der Waals surface area contributed by atoms with Crippen molar-refractivity contribution in [1.82, 2.24) is 0 Å². The topological polar surface area (TPSA) is 111 Å². The number of esters is 2. The number of quaternary nitrogens is 1. The van der Waals surface area contributed by atoms with Gasteiger partial charge in [-0.05, 0) is 6.42 Å². The average Bonchev–Trinajstić information content (AvgIpc) is 2.86. The van der Waals surface area contributed by atoms with Gasteiger partial charge in [-0.2, -0.15) is 0 Å². The lowest BCUT2D eigenvalue weighted by Gasteiger charge is -2.29. The van der Waals surface area contributed by atoms with Crippen LogP contribution in [0.4, 0.5) is 0 Å². The number of phosphoric ester groups is 1. The van der Waals surface area contributed by atoms with E-state index in [1.165, 1.54) is 64.2 Å². The van der Waals surface area contributed by atoms with Gasteiger partial charge >= 0.3 is 11.9 Å². The van der Waals surface area contributed by atoms with E-state index in [9.17, 15) is 19.0 Å². The maximum absolute atomic E-state index is 12.3. The van der Waals surface area contributed by atoms with E-state index in [4.69, 9.17) is 24.9 Å². The smallest absolute Gasteiger partial charge is 0.306 e. The third-order valence-electron chi connectivity index (χ3n) is 6.11. The van der Waals surface area contributed by atoms with Crippen LogP contribution in [-0.2, 0) is 32.7 Å². The minimum absolute atomic E-state index is 0.00289. The van der Waals surface area contributed by atoms with Gasteiger partial charge in [-0.15, -0.1) is 12.3 Å². The molecule has 0 bridgehead atoms. The molecule has 2 unspecified atom stereocenters. The highest BCUT2D eigenvalue weighted by molar-refractivity contribution is 7.45. The van der Waals surface area contributed by atoms with Crippen molar-refractivity contribution in [2.24, 2.45) is 0 Å². The summed E-state index contributed by atoms with van der Waals surface area (Å²) in [6, 6.07) is 0. The maximum atomic E-state index is 12.3. The Hall–Kier alpha value is -1.43. The number of nitrogens with zero attached hydrogens (tertiary/aromatic N) is 1. The number of hydrogen-bond acceptors (Lipinski definition) is 8. The van der Waals surface area contributed by atoms with Gasteiger partial charge in [-0.3, -0.25) is 14.2 Å². The second-order valence-corrected chi connectivity index (χ2v) is 12.4. The van der Waals surface area contributed by atoms with Crippen LogP contribution >= 0.6 is 7.82 Å². The molecule has 0 saturated carbocycles. The molecule has 0 aliphatic rings. The molecule has 0 amide bonds. The quantitative estimate of drug-likeness (QED) is 0.0434. The third-order valence-corrected chi connectivity index (χ3v) is 7.16. The van der Waals surface area contributed by atoms with Crippen LogP contribution in [0.25, 0.3) is 0 Å². The Kier molecular flexibility index (Phi) is 22.4. The van der Waals surface area contributed by atoms with Gasteiger partial charge in [0.1, 0.15) is 32.5 Å². The van der Waals surface area contributed by atoms with Crippen LogP contribution in [0.1, 0.15) is 110 Å². The number of phosphoric acid groups is 1. The van der Waals surface area contributed by atoms with Gasteiger partial charge in [-0.1, -0.05) is 84.0 Å². The van der Waals surface area contributed by atoms with Crippen molar-refractivity contribution in [1.29, 1.82) is 0 Å². The van der Waals surface area contributed by atoms with Gasteiger partial charge in [0.05, 0.1) is 27.6 Å². The van der Waals surface area contributed by atoms with Crippen molar-refractivity contribution < 1.29 is 42.1 Å². The first-order valence-electron chi connectivity index (χ1n) is 14.7. The van der Waals surface area contributed by atoms with Gasteiger partial charge in [-0.25, -0.2) is 0 Å². The fourth-order valence-electron chi connectivity index (χ4n) is 3.73. The Morgan fingerprint density at radius 2 is 1.28 bits per heavy atom. The fourth-order valence-corrected chi connectivity index (χ4v) is 4.58. The summed E-state index contributed by atoms with van der Waals surface area (Å²) in [5.74, 6) is 1.30. The first kappa shape index (κ1) is 37.6. The average molecular weight is 576 g/mol. The van der Waals surface area contributed by atoms with Crippen LogP contribution in [-0.4, -0.2) is 70.0 Å². The van der Waals surface area contributed by atoms with Crippen molar-refractivity contribution in [3.05, 3.63) is 0 Å². The molecule has 0 aromatic heterocycles. The Bertz CT molecular complexity index is 732. The maximum Gasteiger partial charge on any atom is 0.306 e. The van der Waals surface area contributed by atoms with Crippen molar-refractivity contribution in [2.75, 3.05) is 47.5 Å². The molecule has 0 aromatic carbocycles. The molecular weight excluding hydrogens is 521 g/mol. The molecule has 0 saturated heterocycles. The number of rotatable bonds is 26. The summed E-state index contributed by atoms with van der Waals surface area (Å²) in [6.07, 6.45) is 20.1. The molecule has 0 N–H and O–H groups in total. The number of hydrogen-bond donors (Lipinski definition) is 0. The first-order valence-corrected chi connectivity index (χ1v) is 16.1. The van der Waals surface area contributed by atoms with Crippen LogP contribution < -0.4 is 4.89 Å². The summed E-state index contributed by atoms with van der Waals surface area (Å²) in [5, 5.41) is 0. The van der Waals surface area contributed by atoms with E-state index in [-0.39, 0.29) is 32.5 Å². The number of unbranched alkanes of at least 4 members (excludes halogenated alkanes) is 12. The molecule has 10 heteroatoms. The lowest BCUT2D eigenvalue weighted by atomic mass is 10.0. The summed E-state index contributed by atoms with van der Waals surface area (Å²) in [4.78, 5) is 36.2. The van der Waals surface area contributed by atoms with Crippen molar-refractivity contribution in [3.63, 3.8) is 0 Å². The zero-order chi connectivity index (χ0) is 29.4. The summed E-state index contributed by atoms with van der Waals surface area (Å²) in [5.41, 5.74) is 0. The number of ether oxygens (including phenoxy) is 2. The van der Waals surface area contributed by atoms with E-state index in [0.29, 0.717) is 17.4 Å². The van der Waals surface area contributed by atoms with Crippen molar-refractivity contribution in [2.45, 2.75) is 116 Å². The lowest BCUT2D eigenvalue weighted by Crippen LogP contribution is -2.38. The van der Waals surface area contributed by atoms with Gasteiger partial charge < -0.3 is 27.9 Å². The number of carbonyl (C=O) groups is 2. The zero-order valence-corrected chi connectivity index (χ0v) is 25.9. The normalized spacial score (nSPS) is 13.8. The Labute approximate surface area is 237 Å². The second-order valence-electron chi connectivity index (χ2n) is 11.1. The molecule has 0 rings (SSSR count). The molecule has 228 valence electrons. The van der Waals surface area contributed by atoms with Gasteiger partial charge in [0.25, 0.3) is 7.82 Å². The molecule has 0 spiro atoms. The molecule has 0 aromatic rings. The third kappa shape index (κ3) is 26.6. The van der Waals surface area contributed by atoms with E-state index in [1.54, 1.807) is 0 Å². The van der Waals surface area contributed by atoms with E-state index in [1.807, 2.05) is 21.1 Å². The van der Waals surface area contributed by atoms with E-state index in [2.05, 4.69) is 12.8 Å². The summed E-state index contributed by atoms with van der Waals surface area (Å²) in [6.45, 7) is 1.83.